The van der Waals surface area contributed by atoms with Gasteiger partial charge in [0.25, 0.3) is 0 Å². The number of rotatable bonds is 6. The monoisotopic (exact) mass is 410 g/mol. The van der Waals surface area contributed by atoms with E-state index >= 15 is 0 Å². The highest BCUT2D eigenvalue weighted by Crippen LogP contribution is 2.33. The molecule has 0 fully saturated rings. The number of oxime groups is 1. The van der Waals surface area contributed by atoms with E-state index < -0.39 is 17.5 Å². The molecule has 0 bridgehead atoms. The Morgan fingerprint density at radius 1 is 1.25 bits per heavy atom. The Labute approximate surface area is 164 Å². The van der Waals surface area contributed by atoms with Gasteiger partial charge in [-0.15, -0.1) is 0 Å². The molecular formula is C19H18ClF3N4O. The van der Waals surface area contributed by atoms with E-state index in [-0.39, 0.29) is 34.8 Å². The lowest BCUT2D eigenvalue weighted by atomic mass is 9.95. The number of nitrogens with zero attached hydrogens (tertiary/aromatic N) is 2. The molecular weight excluding hydrogens is 393 g/mol. The van der Waals surface area contributed by atoms with E-state index in [2.05, 4.69) is 20.8 Å². The molecule has 148 valence electrons. The Hall–Kier alpha value is -2.58. The van der Waals surface area contributed by atoms with Gasteiger partial charge in [-0.2, -0.15) is 0 Å². The van der Waals surface area contributed by atoms with Gasteiger partial charge in [0, 0.05) is 24.9 Å². The van der Waals surface area contributed by atoms with Gasteiger partial charge < -0.3 is 15.8 Å². The molecule has 5 nitrogen and oxygen atoms in total. The van der Waals surface area contributed by atoms with Crippen LogP contribution in [0.25, 0.3) is 0 Å². The zero-order chi connectivity index (χ0) is 20.3. The first kappa shape index (κ1) is 20.2. The molecule has 9 heteroatoms. The molecule has 3 rings (SSSR count). The second-order valence-corrected chi connectivity index (χ2v) is 6.69. The number of hydrogen-bond acceptors (Lipinski definition) is 4. The fourth-order valence-electron chi connectivity index (χ4n) is 3.02. The van der Waals surface area contributed by atoms with Crippen LogP contribution in [-0.2, 0) is 12.8 Å². The van der Waals surface area contributed by atoms with Gasteiger partial charge in [0.2, 0.25) is 0 Å². The van der Waals surface area contributed by atoms with Crippen molar-refractivity contribution in [1.82, 2.24) is 5.32 Å². The minimum Gasteiger partial charge on any atom is -0.411 e. The zero-order valence-electron chi connectivity index (χ0n) is 15.0. The summed E-state index contributed by atoms with van der Waals surface area (Å²) in [4.78, 5) is 4.32. The molecule has 1 aliphatic heterocycles. The predicted octanol–water partition coefficient (Wildman–Crippen LogP) is 3.76. The largest absolute Gasteiger partial charge is 0.411 e. The Kier molecular flexibility index (Phi) is 6.21. The summed E-state index contributed by atoms with van der Waals surface area (Å²) in [5.41, 5.74) is 1.35. The molecule has 0 radical (unpaired) electrons. The predicted molar refractivity (Wildman–Crippen MR) is 103 cm³/mol. The number of fused-ring (bicyclic) bond motifs is 1. The minimum atomic E-state index is -1.07. The SMILES string of the molecule is CNCCN=C1Cc2c(/C(Cc3ccc(F)c(Cl)c3)=N/O)cc(F)c(F)c2N1. The standard InChI is InChI=1S/C19H18ClF3N4O/c1-24-4-5-25-17-9-12-11(8-15(22)18(23)19(12)26-17)16(27-28)7-10-2-3-14(21)13(20)6-10/h2-3,6,8,24,28H,4-5,7,9H2,1H3,(H,25,26)/b27-16+. The van der Waals surface area contributed by atoms with Crippen LogP contribution < -0.4 is 10.6 Å². The summed E-state index contributed by atoms with van der Waals surface area (Å²) in [7, 11) is 1.79. The van der Waals surface area contributed by atoms with Crippen LogP contribution in [0.3, 0.4) is 0 Å². The number of aliphatic imine (C=N–C) groups is 1. The number of halogens is 4. The summed E-state index contributed by atoms with van der Waals surface area (Å²) in [5, 5.41) is 18.4. The van der Waals surface area contributed by atoms with Crippen LogP contribution in [0.1, 0.15) is 16.7 Å². The number of hydrogen-bond donors (Lipinski definition) is 3. The van der Waals surface area contributed by atoms with Crippen molar-refractivity contribution in [3.8, 4) is 0 Å². The number of benzene rings is 2. The second-order valence-electron chi connectivity index (χ2n) is 6.28. The van der Waals surface area contributed by atoms with Gasteiger partial charge in [-0.1, -0.05) is 22.8 Å². The molecule has 28 heavy (non-hydrogen) atoms. The molecule has 1 heterocycles. The Morgan fingerprint density at radius 2 is 2.04 bits per heavy atom. The Balaban J connectivity index is 1.96. The average Bonchev–Trinajstić information content (AvgIpc) is 3.10. The Bertz CT molecular complexity index is 963. The third kappa shape index (κ3) is 4.13. The topological polar surface area (TPSA) is 69.0 Å². The smallest absolute Gasteiger partial charge is 0.182 e. The third-order valence-corrected chi connectivity index (χ3v) is 4.68. The summed E-state index contributed by atoms with van der Waals surface area (Å²) >= 11 is 5.79. The van der Waals surface area contributed by atoms with Crippen molar-refractivity contribution < 1.29 is 18.4 Å². The highest BCUT2D eigenvalue weighted by molar-refractivity contribution is 6.30. The first-order valence-electron chi connectivity index (χ1n) is 8.55. The van der Waals surface area contributed by atoms with Crippen LogP contribution in [0.2, 0.25) is 5.02 Å². The van der Waals surface area contributed by atoms with E-state index in [9.17, 15) is 18.4 Å². The second kappa shape index (κ2) is 8.62. The van der Waals surface area contributed by atoms with Crippen LogP contribution in [0.15, 0.2) is 34.4 Å². The van der Waals surface area contributed by atoms with Crippen molar-refractivity contribution in [1.29, 1.82) is 0 Å². The lowest BCUT2D eigenvalue weighted by Crippen LogP contribution is -2.14. The lowest BCUT2D eigenvalue weighted by Gasteiger charge is -2.11. The van der Waals surface area contributed by atoms with E-state index in [0.29, 0.717) is 30.1 Å². The van der Waals surface area contributed by atoms with Crippen molar-refractivity contribution in [2.75, 3.05) is 25.5 Å². The van der Waals surface area contributed by atoms with Crippen molar-refractivity contribution in [2.45, 2.75) is 12.8 Å². The van der Waals surface area contributed by atoms with Crippen molar-refractivity contribution in [3.63, 3.8) is 0 Å². The number of amidine groups is 1. The minimum absolute atomic E-state index is 0.0171. The number of nitrogens with one attached hydrogen (secondary N) is 2. The van der Waals surface area contributed by atoms with E-state index in [1.54, 1.807) is 7.05 Å². The van der Waals surface area contributed by atoms with Crippen LogP contribution in [0.4, 0.5) is 18.9 Å². The summed E-state index contributed by atoms with van der Waals surface area (Å²) in [6.45, 7) is 1.11. The van der Waals surface area contributed by atoms with Crippen LogP contribution in [0.5, 0.6) is 0 Å². The van der Waals surface area contributed by atoms with Crippen LogP contribution in [0, 0.1) is 17.5 Å². The van der Waals surface area contributed by atoms with E-state index in [1.165, 1.54) is 18.2 Å². The summed E-state index contributed by atoms with van der Waals surface area (Å²) in [6.07, 6.45) is 0.301. The maximum absolute atomic E-state index is 14.3. The molecule has 0 aliphatic carbocycles. The van der Waals surface area contributed by atoms with Crippen LogP contribution in [-0.4, -0.2) is 36.9 Å². The molecule has 0 saturated carbocycles. The van der Waals surface area contributed by atoms with Crippen molar-refractivity contribution in [2.24, 2.45) is 10.1 Å². The van der Waals surface area contributed by atoms with Gasteiger partial charge in [-0.05, 0) is 36.4 Å². The summed E-state index contributed by atoms with van der Waals surface area (Å²) < 4.78 is 41.8. The third-order valence-electron chi connectivity index (χ3n) is 4.39. The zero-order valence-corrected chi connectivity index (χ0v) is 15.7. The van der Waals surface area contributed by atoms with E-state index in [4.69, 9.17) is 11.6 Å². The van der Waals surface area contributed by atoms with Gasteiger partial charge in [-0.3, -0.25) is 4.99 Å². The van der Waals surface area contributed by atoms with Gasteiger partial charge in [0.05, 0.1) is 23.0 Å². The quantitative estimate of drug-likeness (QED) is 0.294. The lowest BCUT2D eigenvalue weighted by molar-refractivity contribution is 0.318. The normalized spacial score (nSPS) is 15.0. The molecule has 3 N–H and O–H groups in total. The molecule has 0 atom stereocenters. The fourth-order valence-corrected chi connectivity index (χ4v) is 3.22. The summed E-state index contributed by atoms with van der Waals surface area (Å²) in [6, 6.07) is 5.06. The fraction of sp³-hybridized carbons (Fsp3) is 0.263. The molecule has 0 unspecified atom stereocenters. The average molecular weight is 411 g/mol. The molecule has 1 aliphatic rings. The Morgan fingerprint density at radius 3 is 2.71 bits per heavy atom. The van der Waals surface area contributed by atoms with Gasteiger partial charge in [-0.25, -0.2) is 13.2 Å². The maximum Gasteiger partial charge on any atom is 0.182 e. The van der Waals surface area contributed by atoms with Gasteiger partial charge >= 0.3 is 0 Å². The van der Waals surface area contributed by atoms with E-state index in [0.717, 1.165) is 6.07 Å². The maximum atomic E-state index is 14.3. The van der Waals surface area contributed by atoms with Crippen molar-refractivity contribution >= 4 is 28.8 Å². The highest BCUT2D eigenvalue weighted by Gasteiger charge is 2.28. The molecule has 0 amide bonds. The van der Waals surface area contributed by atoms with Gasteiger partial charge in [0.15, 0.2) is 11.6 Å². The van der Waals surface area contributed by atoms with E-state index in [1.807, 2.05) is 0 Å². The number of anilines is 1. The molecule has 0 spiro atoms. The first-order valence-corrected chi connectivity index (χ1v) is 8.93. The first-order chi connectivity index (χ1) is 13.4. The van der Waals surface area contributed by atoms with Crippen LogP contribution >= 0.6 is 11.6 Å². The highest BCUT2D eigenvalue weighted by atomic mass is 35.5. The summed E-state index contributed by atoms with van der Waals surface area (Å²) in [5.74, 6) is -2.16. The number of likely N-dealkylation sites (N-methyl/N-ethyl adjacent to an activating group) is 1. The molecule has 0 aromatic heterocycles. The molecule has 2 aromatic rings. The molecule has 2 aromatic carbocycles. The van der Waals surface area contributed by atoms with Gasteiger partial charge in [0.1, 0.15) is 11.7 Å². The molecule has 0 saturated heterocycles. The van der Waals surface area contributed by atoms with Crippen molar-refractivity contribution in [3.05, 3.63) is 63.4 Å².